The van der Waals surface area contributed by atoms with Crippen molar-refractivity contribution >= 4 is 12.0 Å². The largest absolute Gasteiger partial charge is 0.481 e. The van der Waals surface area contributed by atoms with Crippen molar-refractivity contribution in [2.24, 2.45) is 11.8 Å². The topological polar surface area (TPSA) is 69.6 Å². The fourth-order valence-electron chi connectivity index (χ4n) is 2.65. The zero-order chi connectivity index (χ0) is 13.1. The molecule has 0 bridgehead atoms. The molecule has 102 valence electrons. The van der Waals surface area contributed by atoms with Crippen molar-refractivity contribution in [1.29, 1.82) is 0 Å². The van der Waals surface area contributed by atoms with Crippen molar-refractivity contribution in [1.82, 2.24) is 10.2 Å². The van der Waals surface area contributed by atoms with Gasteiger partial charge in [-0.2, -0.15) is 0 Å². The number of urea groups is 1. The number of nitrogens with zero attached hydrogens (tertiary/aromatic N) is 1. The predicted molar refractivity (Wildman–Crippen MR) is 67.3 cm³/mol. The molecule has 18 heavy (non-hydrogen) atoms. The van der Waals surface area contributed by atoms with E-state index < -0.39 is 11.9 Å². The summed E-state index contributed by atoms with van der Waals surface area (Å²) in [4.78, 5) is 24.9. The van der Waals surface area contributed by atoms with E-state index in [0.717, 1.165) is 19.4 Å². The Balaban J connectivity index is 1.86. The number of carbonyl (C=O) groups excluding carboxylic acids is 1. The normalized spacial score (nSPS) is 26.9. The second-order valence-electron chi connectivity index (χ2n) is 5.41. The molecule has 0 aromatic rings. The highest BCUT2D eigenvalue weighted by atomic mass is 16.4. The first-order valence-corrected chi connectivity index (χ1v) is 6.90. The first kappa shape index (κ1) is 13.2. The molecule has 2 aliphatic rings. The van der Waals surface area contributed by atoms with Gasteiger partial charge < -0.3 is 15.3 Å². The molecular weight excluding hydrogens is 232 g/mol. The van der Waals surface area contributed by atoms with Crippen LogP contribution in [0.25, 0.3) is 0 Å². The molecule has 2 atom stereocenters. The summed E-state index contributed by atoms with van der Waals surface area (Å²) in [7, 11) is 0. The van der Waals surface area contributed by atoms with E-state index in [0.29, 0.717) is 18.9 Å². The SMILES string of the molecule is CCN(CC1CC1)C(=O)NC1CCCC1C(=O)O. The van der Waals surface area contributed by atoms with Crippen molar-refractivity contribution < 1.29 is 14.7 Å². The predicted octanol–water partition coefficient (Wildman–Crippen LogP) is 1.68. The van der Waals surface area contributed by atoms with E-state index >= 15 is 0 Å². The standard InChI is InChI=1S/C13H22N2O3/c1-2-15(8-9-6-7-9)13(18)14-11-5-3-4-10(11)12(16)17/h9-11H,2-8H2,1H3,(H,14,18)(H,16,17). The second-order valence-corrected chi connectivity index (χ2v) is 5.41. The van der Waals surface area contributed by atoms with Gasteiger partial charge in [0.25, 0.3) is 0 Å². The number of amides is 2. The molecule has 2 fully saturated rings. The monoisotopic (exact) mass is 254 g/mol. The van der Waals surface area contributed by atoms with Crippen LogP contribution in [0.4, 0.5) is 4.79 Å². The van der Waals surface area contributed by atoms with Gasteiger partial charge in [-0.05, 0) is 38.5 Å². The Bertz CT molecular complexity index is 328. The number of hydrogen-bond donors (Lipinski definition) is 2. The van der Waals surface area contributed by atoms with Crippen LogP contribution in [-0.2, 0) is 4.79 Å². The van der Waals surface area contributed by atoms with Gasteiger partial charge in [-0.1, -0.05) is 6.42 Å². The fourth-order valence-corrected chi connectivity index (χ4v) is 2.65. The van der Waals surface area contributed by atoms with E-state index in [9.17, 15) is 9.59 Å². The van der Waals surface area contributed by atoms with Gasteiger partial charge in [0, 0.05) is 19.1 Å². The third kappa shape index (κ3) is 3.15. The maximum Gasteiger partial charge on any atom is 0.317 e. The molecule has 0 heterocycles. The lowest BCUT2D eigenvalue weighted by Crippen LogP contribution is -2.47. The van der Waals surface area contributed by atoms with E-state index in [1.165, 1.54) is 12.8 Å². The average molecular weight is 254 g/mol. The molecule has 0 aromatic heterocycles. The number of hydrogen-bond acceptors (Lipinski definition) is 2. The van der Waals surface area contributed by atoms with Gasteiger partial charge in [-0.3, -0.25) is 4.79 Å². The Kier molecular flexibility index (Phi) is 4.09. The van der Waals surface area contributed by atoms with Crippen LogP contribution in [0.15, 0.2) is 0 Å². The third-order valence-electron chi connectivity index (χ3n) is 3.99. The van der Waals surface area contributed by atoms with Crippen LogP contribution in [0.2, 0.25) is 0 Å². The molecule has 0 aliphatic heterocycles. The van der Waals surface area contributed by atoms with Gasteiger partial charge in [0.1, 0.15) is 0 Å². The Hall–Kier alpha value is -1.26. The maximum absolute atomic E-state index is 12.1. The molecule has 0 aromatic carbocycles. The van der Waals surface area contributed by atoms with Gasteiger partial charge >= 0.3 is 12.0 Å². The van der Waals surface area contributed by atoms with Crippen LogP contribution < -0.4 is 5.32 Å². The van der Waals surface area contributed by atoms with Gasteiger partial charge in [-0.25, -0.2) is 4.79 Å². The van der Waals surface area contributed by atoms with Crippen LogP contribution in [0.3, 0.4) is 0 Å². The van der Waals surface area contributed by atoms with Crippen molar-refractivity contribution in [2.45, 2.75) is 45.1 Å². The molecule has 0 saturated heterocycles. The molecule has 0 spiro atoms. The van der Waals surface area contributed by atoms with Crippen LogP contribution in [0, 0.1) is 11.8 Å². The zero-order valence-corrected chi connectivity index (χ0v) is 10.9. The van der Waals surface area contributed by atoms with Crippen molar-refractivity contribution in [3.8, 4) is 0 Å². The average Bonchev–Trinajstić information content (AvgIpc) is 3.03. The van der Waals surface area contributed by atoms with E-state index in [2.05, 4.69) is 5.32 Å². The number of carboxylic acids is 1. The molecule has 2 N–H and O–H groups in total. The molecule has 2 saturated carbocycles. The molecule has 2 rings (SSSR count). The summed E-state index contributed by atoms with van der Waals surface area (Å²) in [6.45, 7) is 3.46. The van der Waals surface area contributed by atoms with Crippen LogP contribution in [0.1, 0.15) is 39.0 Å². The summed E-state index contributed by atoms with van der Waals surface area (Å²) in [6, 6.07) is -0.286. The van der Waals surface area contributed by atoms with Crippen LogP contribution in [0.5, 0.6) is 0 Å². The minimum atomic E-state index is -0.789. The molecule has 2 unspecified atom stereocenters. The Morgan fingerprint density at radius 3 is 2.56 bits per heavy atom. The highest BCUT2D eigenvalue weighted by molar-refractivity contribution is 5.77. The molecule has 2 amide bonds. The minimum absolute atomic E-state index is 0.0949. The van der Waals surface area contributed by atoms with Gasteiger partial charge in [0.15, 0.2) is 0 Å². The first-order valence-electron chi connectivity index (χ1n) is 6.90. The summed E-state index contributed by atoms with van der Waals surface area (Å²) in [5, 5.41) is 12.0. The number of aliphatic carboxylic acids is 1. The molecule has 0 radical (unpaired) electrons. The van der Waals surface area contributed by atoms with E-state index in [1.807, 2.05) is 6.92 Å². The molecular formula is C13H22N2O3. The lowest BCUT2D eigenvalue weighted by molar-refractivity contribution is -0.142. The quantitative estimate of drug-likeness (QED) is 0.784. The van der Waals surface area contributed by atoms with Gasteiger partial charge in [0.05, 0.1) is 5.92 Å². The van der Waals surface area contributed by atoms with Crippen LogP contribution in [-0.4, -0.2) is 41.1 Å². The third-order valence-corrected chi connectivity index (χ3v) is 3.99. The lowest BCUT2D eigenvalue weighted by atomic mass is 10.0. The van der Waals surface area contributed by atoms with Crippen LogP contribution >= 0.6 is 0 Å². The van der Waals surface area contributed by atoms with Gasteiger partial charge in [-0.15, -0.1) is 0 Å². The number of nitrogens with one attached hydrogen (secondary N) is 1. The zero-order valence-electron chi connectivity index (χ0n) is 10.9. The molecule has 2 aliphatic carbocycles. The second kappa shape index (κ2) is 5.59. The fraction of sp³-hybridized carbons (Fsp3) is 0.846. The summed E-state index contributed by atoms with van der Waals surface area (Å²) in [5.74, 6) is -0.536. The number of carboxylic acid groups (broad SMARTS) is 1. The van der Waals surface area contributed by atoms with Crippen molar-refractivity contribution in [3.05, 3.63) is 0 Å². The highest BCUT2D eigenvalue weighted by Gasteiger charge is 2.35. The smallest absolute Gasteiger partial charge is 0.317 e. The Morgan fingerprint density at radius 2 is 2.00 bits per heavy atom. The maximum atomic E-state index is 12.1. The molecule has 5 nitrogen and oxygen atoms in total. The number of rotatable bonds is 5. The molecule has 5 heteroatoms. The van der Waals surface area contributed by atoms with E-state index in [-0.39, 0.29) is 12.1 Å². The number of carbonyl (C=O) groups is 2. The minimum Gasteiger partial charge on any atom is -0.481 e. The highest BCUT2D eigenvalue weighted by Crippen LogP contribution is 2.30. The van der Waals surface area contributed by atoms with Gasteiger partial charge in [0.2, 0.25) is 0 Å². The first-order chi connectivity index (χ1) is 8.61. The van der Waals surface area contributed by atoms with E-state index in [4.69, 9.17) is 5.11 Å². The Labute approximate surface area is 108 Å². The van der Waals surface area contributed by atoms with Crippen molar-refractivity contribution in [2.75, 3.05) is 13.1 Å². The summed E-state index contributed by atoms with van der Waals surface area (Å²) >= 11 is 0. The summed E-state index contributed by atoms with van der Waals surface area (Å²) < 4.78 is 0. The Morgan fingerprint density at radius 1 is 1.28 bits per heavy atom. The van der Waals surface area contributed by atoms with Crippen molar-refractivity contribution in [3.63, 3.8) is 0 Å². The summed E-state index contributed by atoms with van der Waals surface area (Å²) in [5.41, 5.74) is 0. The van der Waals surface area contributed by atoms with E-state index in [1.54, 1.807) is 4.90 Å². The lowest BCUT2D eigenvalue weighted by Gasteiger charge is -2.25. The summed E-state index contributed by atoms with van der Waals surface area (Å²) in [6.07, 6.45) is 4.77.